The van der Waals surface area contributed by atoms with E-state index in [0.717, 1.165) is 29.7 Å². The predicted octanol–water partition coefficient (Wildman–Crippen LogP) is 4.44. The van der Waals surface area contributed by atoms with E-state index in [4.69, 9.17) is 14.2 Å². The number of carbonyl (C=O) groups excluding carboxylic acids is 1. The Balaban J connectivity index is 1.75. The zero-order valence-electron chi connectivity index (χ0n) is 20.9. The number of allylic oxidation sites excluding steroid dienone is 1. The lowest BCUT2D eigenvalue weighted by Crippen LogP contribution is -2.39. The zero-order valence-corrected chi connectivity index (χ0v) is 22.5. The van der Waals surface area contributed by atoms with Gasteiger partial charge in [-0.1, -0.05) is 43.2 Å². The molecule has 0 bridgehead atoms. The molecule has 0 amide bonds. The number of thiazole rings is 1. The van der Waals surface area contributed by atoms with Crippen LogP contribution < -0.4 is 24.4 Å². The molecule has 1 aliphatic rings. The Morgan fingerprint density at radius 3 is 2.72 bits per heavy atom. The van der Waals surface area contributed by atoms with E-state index in [1.807, 2.05) is 41.8 Å². The molecular weight excluding hydrogens is 496 g/mol. The zero-order chi connectivity index (χ0) is 25.7. The van der Waals surface area contributed by atoms with E-state index < -0.39 is 12.0 Å². The van der Waals surface area contributed by atoms with Crippen LogP contribution in [0.25, 0.3) is 6.08 Å². The van der Waals surface area contributed by atoms with Crippen LogP contribution in [-0.2, 0) is 9.53 Å². The molecule has 3 aromatic rings. The Hall–Kier alpha value is -3.17. The van der Waals surface area contributed by atoms with E-state index >= 15 is 0 Å². The summed E-state index contributed by atoms with van der Waals surface area (Å²) in [7, 11) is 1.60. The molecule has 0 saturated heterocycles. The van der Waals surface area contributed by atoms with Gasteiger partial charge in [-0.05, 0) is 55.5 Å². The standard InChI is InChI=1S/C27H30N2O5S2/c1-5-7-8-13-34-19-12-11-18(15-20(19)32-4)16-22-25(30)29-24(21-10-9-14-35-21)23(26(31)33-6-2)17(3)28-27(29)36-22/h9-12,14-16,24H,5-8,13H2,1-4H3/b22-16+/t24-/m0/s1. The van der Waals surface area contributed by atoms with Crippen LogP contribution in [0.5, 0.6) is 11.5 Å². The molecule has 190 valence electrons. The molecule has 0 saturated carbocycles. The lowest BCUT2D eigenvalue weighted by molar-refractivity contribution is -0.139. The Morgan fingerprint density at radius 2 is 2.03 bits per heavy atom. The van der Waals surface area contributed by atoms with Gasteiger partial charge in [0, 0.05) is 4.88 Å². The van der Waals surface area contributed by atoms with Crippen LogP contribution >= 0.6 is 22.7 Å². The third kappa shape index (κ3) is 5.32. The third-order valence-corrected chi connectivity index (χ3v) is 7.73. The number of nitrogens with zero attached hydrogens (tertiary/aromatic N) is 2. The monoisotopic (exact) mass is 526 g/mol. The van der Waals surface area contributed by atoms with Crippen LogP contribution in [-0.4, -0.2) is 30.9 Å². The fourth-order valence-electron chi connectivity index (χ4n) is 4.09. The van der Waals surface area contributed by atoms with Gasteiger partial charge in [-0.15, -0.1) is 11.3 Å². The lowest BCUT2D eigenvalue weighted by Gasteiger charge is -2.23. The molecule has 0 unspecified atom stereocenters. The molecule has 0 radical (unpaired) electrons. The lowest BCUT2D eigenvalue weighted by atomic mass is 10.0. The number of rotatable bonds is 10. The first kappa shape index (κ1) is 25.9. The van der Waals surface area contributed by atoms with E-state index in [9.17, 15) is 9.59 Å². The minimum Gasteiger partial charge on any atom is -0.493 e. The van der Waals surface area contributed by atoms with Gasteiger partial charge < -0.3 is 14.2 Å². The molecular formula is C27H30N2O5S2. The second-order valence-corrected chi connectivity index (χ2v) is 10.3. The minimum atomic E-state index is -0.573. The fourth-order valence-corrected chi connectivity index (χ4v) is 5.96. The molecule has 1 aromatic carbocycles. The molecule has 1 atom stereocenters. The number of unbranched alkanes of at least 4 members (excludes halogenated alkanes) is 2. The van der Waals surface area contributed by atoms with Crippen LogP contribution in [0.15, 0.2) is 56.8 Å². The molecule has 7 nitrogen and oxygen atoms in total. The summed E-state index contributed by atoms with van der Waals surface area (Å²) >= 11 is 2.79. The molecule has 0 N–H and O–H groups in total. The van der Waals surface area contributed by atoms with Crippen LogP contribution in [0.4, 0.5) is 0 Å². The van der Waals surface area contributed by atoms with Gasteiger partial charge in [0.05, 0.1) is 36.1 Å². The summed E-state index contributed by atoms with van der Waals surface area (Å²) in [6.07, 6.45) is 5.05. The molecule has 3 heterocycles. The number of methoxy groups -OCH3 is 1. The van der Waals surface area contributed by atoms with Crippen LogP contribution in [0.1, 0.15) is 56.5 Å². The van der Waals surface area contributed by atoms with Crippen LogP contribution in [0.3, 0.4) is 0 Å². The maximum Gasteiger partial charge on any atom is 0.338 e. The second kappa shape index (κ2) is 11.7. The Kier molecular flexibility index (Phi) is 8.43. The third-order valence-electron chi connectivity index (χ3n) is 5.82. The average Bonchev–Trinajstić information content (AvgIpc) is 3.50. The Bertz CT molecular complexity index is 1430. The van der Waals surface area contributed by atoms with E-state index in [1.165, 1.54) is 22.7 Å². The first-order valence-corrected chi connectivity index (χ1v) is 13.7. The van der Waals surface area contributed by atoms with Crippen LogP contribution in [0, 0.1) is 0 Å². The topological polar surface area (TPSA) is 79.1 Å². The van der Waals surface area contributed by atoms with Gasteiger partial charge in [0.1, 0.15) is 6.04 Å². The van der Waals surface area contributed by atoms with Gasteiger partial charge in [-0.25, -0.2) is 9.79 Å². The number of hydrogen-bond acceptors (Lipinski definition) is 8. The molecule has 4 rings (SSSR count). The number of fused-ring (bicyclic) bond motifs is 1. The van der Waals surface area contributed by atoms with Gasteiger partial charge in [-0.2, -0.15) is 0 Å². The average molecular weight is 527 g/mol. The Morgan fingerprint density at radius 1 is 1.19 bits per heavy atom. The van der Waals surface area contributed by atoms with E-state index in [2.05, 4.69) is 11.9 Å². The van der Waals surface area contributed by atoms with Gasteiger partial charge in [0.15, 0.2) is 16.3 Å². The predicted molar refractivity (Wildman–Crippen MR) is 143 cm³/mol. The van der Waals surface area contributed by atoms with Crippen molar-refractivity contribution in [3.63, 3.8) is 0 Å². The van der Waals surface area contributed by atoms with Gasteiger partial charge in [0.2, 0.25) is 0 Å². The molecule has 0 aliphatic carbocycles. The minimum absolute atomic E-state index is 0.203. The summed E-state index contributed by atoms with van der Waals surface area (Å²) in [5.41, 5.74) is 1.56. The van der Waals surface area contributed by atoms with E-state index in [1.54, 1.807) is 25.5 Å². The SMILES string of the molecule is CCCCCOc1ccc(/C=c2/sc3n(c2=O)[C@@H](c2cccs2)C(C(=O)OCC)=C(C)N=3)cc1OC. The normalized spacial score (nSPS) is 15.4. The summed E-state index contributed by atoms with van der Waals surface area (Å²) in [4.78, 5) is 32.5. The van der Waals surface area contributed by atoms with Crippen molar-refractivity contribution in [3.8, 4) is 11.5 Å². The maximum absolute atomic E-state index is 13.6. The highest BCUT2D eigenvalue weighted by Gasteiger charge is 2.33. The molecule has 1 aliphatic heterocycles. The first-order valence-electron chi connectivity index (χ1n) is 12.0. The number of hydrogen-bond donors (Lipinski definition) is 0. The summed E-state index contributed by atoms with van der Waals surface area (Å²) in [6.45, 7) is 6.58. The molecule has 0 spiro atoms. The van der Waals surface area contributed by atoms with Gasteiger partial charge in [-0.3, -0.25) is 9.36 Å². The van der Waals surface area contributed by atoms with Crippen molar-refractivity contribution in [1.29, 1.82) is 0 Å². The first-order chi connectivity index (χ1) is 17.5. The fraction of sp³-hybridized carbons (Fsp3) is 0.370. The van der Waals surface area contributed by atoms with Crippen molar-refractivity contribution in [1.82, 2.24) is 4.57 Å². The maximum atomic E-state index is 13.6. The summed E-state index contributed by atoms with van der Waals surface area (Å²) < 4.78 is 18.9. The van der Waals surface area contributed by atoms with Crippen LogP contribution in [0.2, 0.25) is 0 Å². The number of carbonyl (C=O) groups is 1. The largest absolute Gasteiger partial charge is 0.493 e. The molecule has 9 heteroatoms. The molecule has 36 heavy (non-hydrogen) atoms. The number of esters is 1. The summed E-state index contributed by atoms with van der Waals surface area (Å²) in [6, 6.07) is 8.89. The van der Waals surface area contributed by atoms with Crippen molar-refractivity contribution in [2.24, 2.45) is 4.99 Å². The van der Waals surface area contributed by atoms with Crippen molar-refractivity contribution in [2.45, 2.75) is 46.1 Å². The number of thiophene rings is 1. The number of aromatic nitrogens is 1. The second-order valence-electron chi connectivity index (χ2n) is 8.28. The summed E-state index contributed by atoms with van der Waals surface area (Å²) in [5, 5.41) is 1.93. The highest BCUT2D eigenvalue weighted by molar-refractivity contribution is 7.10. The highest BCUT2D eigenvalue weighted by Crippen LogP contribution is 2.33. The van der Waals surface area contributed by atoms with Gasteiger partial charge >= 0.3 is 5.97 Å². The van der Waals surface area contributed by atoms with Crippen molar-refractivity contribution in [3.05, 3.63) is 77.1 Å². The summed E-state index contributed by atoms with van der Waals surface area (Å²) in [5.74, 6) is 0.843. The molecule has 0 fully saturated rings. The van der Waals surface area contributed by atoms with E-state index in [-0.39, 0.29) is 12.2 Å². The smallest absolute Gasteiger partial charge is 0.338 e. The number of ether oxygens (including phenoxy) is 3. The van der Waals surface area contributed by atoms with Gasteiger partial charge in [0.25, 0.3) is 5.56 Å². The quantitative estimate of drug-likeness (QED) is 0.288. The van der Waals surface area contributed by atoms with Crippen molar-refractivity contribution >= 4 is 34.7 Å². The molecule has 2 aromatic heterocycles. The van der Waals surface area contributed by atoms with Crippen molar-refractivity contribution < 1.29 is 19.0 Å². The Labute approximate surface area is 218 Å². The highest BCUT2D eigenvalue weighted by atomic mass is 32.1. The number of benzene rings is 1. The van der Waals surface area contributed by atoms with Crippen molar-refractivity contribution in [2.75, 3.05) is 20.3 Å². The van der Waals surface area contributed by atoms with E-state index in [0.29, 0.717) is 38.7 Å².